The molecule has 0 atom stereocenters. The first-order valence-electron chi connectivity index (χ1n) is 16.7. The smallest absolute Gasteiger partial charge is 0.496 e. The summed E-state index contributed by atoms with van der Waals surface area (Å²) >= 11 is 0. The third-order valence-corrected chi connectivity index (χ3v) is 10.9. The number of rotatable bonds is 13. The molecule has 0 saturated carbocycles. The van der Waals surface area contributed by atoms with Gasteiger partial charge in [-0.05, 0) is 90.8 Å². The van der Waals surface area contributed by atoms with Crippen molar-refractivity contribution in [2.75, 3.05) is 6.61 Å². The average molecular weight is 755 g/mol. The molecule has 0 aromatic heterocycles. The van der Waals surface area contributed by atoms with E-state index < -0.39 is 26.7 Å². The van der Waals surface area contributed by atoms with Crippen LogP contribution in [-0.4, -0.2) is 25.0 Å². The molecule has 0 aliphatic rings. The van der Waals surface area contributed by atoms with Gasteiger partial charge in [-0.1, -0.05) is 110 Å². The SMILES string of the molecule is CC(C)(COCc1cccc(Oc2ccccc2)c1)c1ccc(OC(F)(F)S(=O)(=O)[O-])cc1.Cc1ccc([S+](c2ccccc2)c2ccccc2)cc1. The fourth-order valence-corrected chi connectivity index (χ4v) is 7.47. The zero-order chi connectivity index (χ0) is 37.9. The molecule has 0 unspecified atom stereocenters. The first-order valence-corrected chi connectivity index (χ1v) is 19.4. The Morgan fingerprint density at radius 1 is 0.623 bits per heavy atom. The molecule has 0 fully saturated rings. The predicted molar refractivity (Wildman–Crippen MR) is 204 cm³/mol. The molecule has 0 heterocycles. The van der Waals surface area contributed by atoms with E-state index in [4.69, 9.17) is 9.47 Å². The zero-order valence-corrected chi connectivity index (χ0v) is 31.2. The van der Waals surface area contributed by atoms with Crippen LogP contribution in [0.3, 0.4) is 0 Å². The van der Waals surface area contributed by atoms with Crippen molar-refractivity contribution < 1.29 is 36.0 Å². The molecular formula is C43H40F2O6S2. The Kier molecular flexibility index (Phi) is 13.1. The topological polar surface area (TPSA) is 84.9 Å². The van der Waals surface area contributed by atoms with E-state index in [0.717, 1.165) is 16.9 Å². The monoisotopic (exact) mass is 754 g/mol. The molecular weight excluding hydrogens is 715 g/mol. The van der Waals surface area contributed by atoms with Gasteiger partial charge in [0.2, 0.25) is 10.1 Å². The number of benzene rings is 6. The average Bonchev–Trinajstić information content (AvgIpc) is 3.14. The molecule has 10 heteroatoms. The number of hydrogen-bond acceptors (Lipinski definition) is 6. The molecule has 0 bridgehead atoms. The minimum Gasteiger partial charge on any atom is -0.740 e. The summed E-state index contributed by atoms with van der Waals surface area (Å²) in [6, 6.07) is 52.7. The summed E-state index contributed by atoms with van der Waals surface area (Å²) in [4.78, 5) is 4.10. The van der Waals surface area contributed by atoms with E-state index in [1.165, 1.54) is 44.5 Å². The predicted octanol–water partition coefficient (Wildman–Crippen LogP) is 10.5. The Balaban J connectivity index is 0.000000230. The lowest BCUT2D eigenvalue weighted by molar-refractivity contribution is -0.104. The van der Waals surface area contributed by atoms with Crippen molar-refractivity contribution in [2.24, 2.45) is 0 Å². The largest absolute Gasteiger partial charge is 0.740 e. The fourth-order valence-electron chi connectivity index (χ4n) is 5.19. The highest BCUT2D eigenvalue weighted by Crippen LogP contribution is 2.32. The molecule has 274 valence electrons. The summed E-state index contributed by atoms with van der Waals surface area (Å²) in [5.41, 5.74) is -2.35. The lowest BCUT2D eigenvalue weighted by Gasteiger charge is -2.26. The van der Waals surface area contributed by atoms with Crippen LogP contribution in [0, 0.1) is 6.92 Å². The van der Waals surface area contributed by atoms with Crippen molar-refractivity contribution in [3.05, 3.63) is 180 Å². The summed E-state index contributed by atoms with van der Waals surface area (Å²) in [5.74, 6) is 0.985. The summed E-state index contributed by atoms with van der Waals surface area (Å²) in [7, 11) is -5.96. The molecule has 0 spiro atoms. The van der Waals surface area contributed by atoms with Gasteiger partial charge in [-0.15, -0.1) is 0 Å². The van der Waals surface area contributed by atoms with Gasteiger partial charge in [-0.3, -0.25) is 0 Å². The van der Waals surface area contributed by atoms with Gasteiger partial charge in [0.25, 0.3) is 0 Å². The van der Waals surface area contributed by atoms with Crippen LogP contribution in [-0.2, 0) is 37.8 Å². The Labute approximate surface area is 313 Å². The molecule has 0 radical (unpaired) electrons. The molecule has 6 aromatic carbocycles. The molecule has 0 aliphatic heterocycles. The highest BCUT2D eigenvalue weighted by molar-refractivity contribution is 7.97. The maximum absolute atomic E-state index is 13.3. The van der Waals surface area contributed by atoms with E-state index in [0.29, 0.717) is 19.0 Å². The lowest BCUT2D eigenvalue weighted by atomic mass is 9.85. The second kappa shape index (κ2) is 17.7. The molecule has 6 rings (SSSR count). The minimum absolute atomic E-state index is 0.0229. The maximum Gasteiger partial charge on any atom is 0.496 e. The van der Waals surface area contributed by atoms with E-state index in [1.807, 2.05) is 68.4 Å². The van der Waals surface area contributed by atoms with E-state index >= 15 is 0 Å². The molecule has 53 heavy (non-hydrogen) atoms. The van der Waals surface area contributed by atoms with Crippen LogP contribution in [0.4, 0.5) is 8.78 Å². The Bertz CT molecular complexity index is 2090. The number of alkyl halides is 2. The van der Waals surface area contributed by atoms with Crippen LogP contribution in [0.15, 0.2) is 178 Å². The van der Waals surface area contributed by atoms with Gasteiger partial charge in [-0.2, -0.15) is 8.78 Å². The summed E-state index contributed by atoms with van der Waals surface area (Å²) in [6.45, 7) is 6.61. The Morgan fingerprint density at radius 2 is 1.13 bits per heavy atom. The summed E-state index contributed by atoms with van der Waals surface area (Å²) in [6.07, 6.45) is 0. The minimum atomic E-state index is -5.93. The highest BCUT2D eigenvalue weighted by atomic mass is 32.2. The van der Waals surface area contributed by atoms with Gasteiger partial charge in [-0.25, -0.2) is 8.42 Å². The lowest BCUT2D eigenvalue weighted by Crippen LogP contribution is -2.34. The van der Waals surface area contributed by atoms with Crippen molar-refractivity contribution in [3.8, 4) is 17.2 Å². The number of hydrogen-bond donors (Lipinski definition) is 0. The first-order chi connectivity index (χ1) is 25.3. The third kappa shape index (κ3) is 11.2. The standard InChI is InChI=1S/C24H24F2O6S.C19H17S/c1-23(2,19-11-13-21(14-12-19)32-24(25,26)33(27,28)29)17-30-16-18-7-6-10-22(15-18)31-20-8-4-3-5-9-20;1-16-12-14-19(15-13-16)20(17-8-4-2-5-9-17)18-10-6-3-7-11-18/h3-15H,16-17H2,1-2H3,(H,27,28,29);2-15H,1H3/q;+1/p-1. The summed E-state index contributed by atoms with van der Waals surface area (Å²) < 4.78 is 74.0. The van der Waals surface area contributed by atoms with Crippen LogP contribution in [0.2, 0.25) is 0 Å². The van der Waals surface area contributed by atoms with Gasteiger partial charge in [0.1, 0.15) is 17.2 Å². The quantitative estimate of drug-likeness (QED) is 0.0862. The van der Waals surface area contributed by atoms with E-state index in [1.54, 1.807) is 0 Å². The highest BCUT2D eigenvalue weighted by Gasteiger charge is 2.41. The molecule has 0 N–H and O–H groups in total. The van der Waals surface area contributed by atoms with Gasteiger partial charge < -0.3 is 18.8 Å². The van der Waals surface area contributed by atoms with Crippen LogP contribution < -0.4 is 9.47 Å². The number of para-hydroxylation sites is 1. The molecule has 0 saturated heterocycles. The van der Waals surface area contributed by atoms with Crippen LogP contribution in [0.5, 0.6) is 17.2 Å². The molecule has 6 nitrogen and oxygen atoms in total. The van der Waals surface area contributed by atoms with Crippen molar-refractivity contribution >= 4 is 21.0 Å². The van der Waals surface area contributed by atoms with Crippen molar-refractivity contribution in [1.82, 2.24) is 0 Å². The zero-order valence-electron chi connectivity index (χ0n) is 29.5. The first kappa shape index (κ1) is 39.2. The van der Waals surface area contributed by atoms with E-state index in [2.05, 4.69) is 96.6 Å². The maximum atomic E-state index is 13.3. The number of ether oxygens (including phenoxy) is 3. The second-order valence-corrected chi connectivity index (χ2v) is 16.1. The van der Waals surface area contributed by atoms with Crippen LogP contribution in [0.1, 0.15) is 30.5 Å². The fraction of sp³-hybridized carbons (Fsp3) is 0.163. The Morgan fingerprint density at radius 3 is 1.68 bits per heavy atom. The third-order valence-electron chi connectivity index (χ3n) is 7.99. The van der Waals surface area contributed by atoms with Crippen molar-refractivity contribution in [1.29, 1.82) is 0 Å². The van der Waals surface area contributed by atoms with E-state index in [-0.39, 0.29) is 10.9 Å². The normalized spacial score (nSPS) is 11.8. The van der Waals surface area contributed by atoms with Crippen LogP contribution >= 0.6 is 0 Å². The second-order valence-electron chi connectivity index (χ2n) is 12.7. The van der Waals surface area contributed by atoms with Crippen molar-refractivity contribution in [2.45, 2.75) is 52.9 Å². The van der Waals surface area contributed by atoms with Gasteiger partial charge in [0.05, 0.1) is 24.1 Å². The van der Waals surface area contributed by atoms with Gasteiger partial charge in [0, 0.05) is 5.41 Å². The van der Waals surface area contributed by atoms with Crippen LogP contribution in [0.25, 0.3) is 0 Å². The summed E-state index contributed by atoms with van der Waals surface area (Å²) in [5, 5.41) is 0. The molecule has 0 amide bonds. The molecule has 0 aliphatic carbocycles. The van der Waals surface area contributed by atoms with Gasteiger partial charge >= 0.3 is 5.44 Å². The number of halogens is 2. The molecule has 6 aromatic rings. The number of aryl methyl sites for hydroxylation is 1. The Hall–Kier alpha value is -5.00. The van der Waals surface area contributed by atoms with Crippen molar-refractivity contribution in [3.63, 3.8) is 0 Å². The van der Waals surface area contributed by atoms with E-state index in [9.17, 15) is 21.8 Å². The van der Waals surface area contributed by atoms with Gasteiger partial charge in [0.15, 0.2) is 14.7 Å².